The molecule has 0 bridgehead atoms. The highest BCUT2D eigenvalue weighted by atomic mass is 16.6. The molecule has 0 saturated carbocycles. The quantitative estimate of drug-likeness (QED) is 0.502. The highest BCUT2D eigenvalue weighted by Gasteiger charge is 2.18. The van der Waals surface area contributed by atoms with Gasteiger partial charge in [0.05, 0.1) is 18.1 Å². The number of benzene rings is 2. The molecule has 1 N–H and O–H groups in total. The standard InChI is InChI=1S/C18H16N4O5/c1-26-13-7-8-14(15(11-13)22(24)25)19-16(23)9-10-17-20-21-18(27-17)12-5-3-2-4-6-12/h2-8,11H,9-10H2,1H3,(H,19,23). The van der Waals surface area contributed by atoms with Crippen LogP contribution in [0, 0.1) is 10.1 Å². The summed E-state index contributed by atoms with van der Waals surface area (Å²) in [4.78, 5) is 22.7. The van der Waals surface area contributed by atoms with Gasteiger partial charge in [0, 0.05) is 18.4 Å². The molecule has 138 valence electrons. The van der Waals surface area contributed by atoms with E-state index in [-0.39, 0.29) is 24.2 Å². The van der Waals surface area contributed by atoms with Crippen molar-refractivity contribution in [2.45, 2.75) is 12.8 Å². The van der Waals surface area contributed by atoms with Crippen LogP contribution in [0.25, 0.3) is 11.5 Å². The number of anilines is 1. The van der Waals surface area contributed by atoms with Crippen LogP contribution < -0.4 is 10.1 Å². The summed E-state index contributed by atoms with van der Waals surface area (Å²) < 4.78 is 10.5. The number of aromatic nitrogens is 2. The van der Waals surface area contributed by atoms with Crippen molar-refractivity contribution in [2.24, 2.45) is 0 Å². The second-order valence-electron chi connectivity index (χ2n) is 5.56. The molecule has 9 nitrogen and oxygen atoms in total. The molecule has 9 heteroatoms. The predicted molar refractivity (Wildman–Crippen MR) is 96.3 cm³/mol. The van der Waals surface area contributed by atoms with Crippen LogP contribution in [0.2, 0.25) is 0 Å². The average molecular weight is 368 g/mol. The highest BCUT2D eigenvalue weighted by Crippen LogP contribution is 2.29. The molecule has 0 spiro atoms. The summed E-state index contributed by atoms with van der Waals surface area (Å²) >= 11 is 0. The monoisotopic (exact) mass is 368 g/mol. The molecule has 1 heterocycles. The van der Waals surface area contributed by atoms with E-state index in [1.807, 2.05) is 30.3 Å². The molecule has 0 saturated heterocycles. The van der Waals surface area contributed by atoms with Crippen molar-refractivity contribution < 1.29 is 18.9 Å². The number of methoxy groups -OCH3 is 1. The number of carbonyl (C=O) groups is 1. The van der Waals surface area contributed by atoms with E-state index in [2.05, 4.69) is 15.5 Å². The van der Waals surface area contributed by atoms with E-state index in [1.54, 1.807) is 0 Å². The van der Waals surface area contributed by atoms with Crippen molar-refractivity contribution in [1.82, 2.24) is 10.2 Å². The molecule has 1 aromatic heterocycles. The minimum Gasteiger partial charge on any atom is -0.496 e. The number of nitro groups is 1. The Kier molecular flexibility index (Phi) is 5.41. The molecule has 0 radical (unpaired) electrons. The Hall–Kier alpha value is -3.75. The van der Waals surface area contributed by atoms with Gasteiger partial charge in [-0.25, -0.2) is 0 Å². The van der Waals surface area contributed by atoms with E-state index < -0.39 is 10.8 Å². The number of carbonyl (C=O) groups excluding carboxylic acids is 1. The summed E-state index contributed by atoms with van der Waals surface area (Å²) in [5, 5.41) is 21.6. The Balaban J connectivity index is 1.62. The van der Waals surface area contributed by atoms with Gasteiger partial charge in [-0.2, -0.15) is 0 Å². The first kappa shape index (κ1) is 18.1. The van der Waals surface area contributed by atoms with Crippen LogP contribution in [0.1, 0.15) is 12.3 Å². The van der Waals surface area contributed by atoms with Gasteiger partial charge in [-0.15, -0.1) is 10.2 Å². The zero-order valence-corrected chi connectivity index (χ0v) is 14.4. The van der Waals surface area contributed by atoms with Crippen LogP contribution in [-0.2, 0) is 11.2 Å². The van der Waals surface area contributed by atoms with Crippen LogP contribution in [-0.4, -0.2) is 28.1 Å². The van der Waals surface area contributed by atoms with E-state index >= 15 is 0 Å². The van der Waals surface area contributed by atoms with Crippen molar-refractivity contribution in [3.05, 3.63) is 64.5 Å². The zero-order chi connectivity index (χ0) is 19.2. The maximum absolute atomic E-state index is 12.1. The van der Waals surface area contributed by atoms with Crippen LogP contribution in [0.4, 0.5) is 11.4 Å². The van der Waals surface area contributed by atoms with Crippen molar-refractivity contribution >= 4 is 17.3 Å². The molecular formula is C18H16N4O5. The van der Waals surface area contributed by atoms with Gasteiger partial charge in [0.2, 0.25) is 17.7 Å². The van der Waals surface area contributed by atoms with Gasteiger partial charge in [0.25, 0.3) is 5.69 Å². The molecule has 3 aromatic rings. The summed E-state index contributed by atoms with van der Waals surface area (Å²) in [5.41, 5.74) is 0.641. The lowest BCUT2D eigenvalue weighted by Crippen LogP contribution is -2.13. The number of amides is 1. The zero-order valence-electron chi connectivity index (χ0n) is 14.4. The predicted octanol–water partition coefficient (Wildman–Crippen LogP) is 3.22. The molecule has 27 heavy (non-hydrogen) atoms. The third kappa shape index (κ3) is 4.46. The Morgan fingerprint density at radius 1 is 1.22 bits per heavy atom. The second-order valence-corrected chi connectivity index (χ2v) is 5.56. The summed E-state index contributed by atoms with van der Waals surface area (Å²) in [6.07, 6.45) is 0.259. The first-order valence-electron chi connectivity index (χ1n) is 8.07. The topological polar surface area (TPSA) is 120 Å². The van der Waals surface area contributed by atoms with Gasteiger partial charge in [-0.05, 0) is 24.3 Å². The van der Waals surface area contributed by atoms with Crippen LogP contribution in [0.15, 0.2) is 52.9 Å². The summed E-state index contributed by atoms with van der Waals surface area (Å²) in [6, 6.07) is 13.5. The van der Waals surface area contributed by atoms with Crippen LogP contribution >= 0.6 is 0 Å². The number of nitro benzene ring substituents is 1. The minimum absolute atomic E-state index is 0.0413. The van der Waals surface area contributed by atoms with E-state index in [4.69, 9.17) is 9.15 Å². The number of aryl methyl sites for hydroxylation is 1. The number of ether oxygens (including phenoxy) is 1. The average Bonchev–Trinajstić information content (AvgIpc) is 3.16. The lowest BCUT2D eigenvalue weighted by molar-refractivity contribution is -0.384. The largest absolute Gasteiger partial charge is 0.496 e. The third-order valence-corrected chi connectivity index (χ3v) is 3.73. The molecule has 0 atom stereocenters. The molecule has 1 amide bonds. The minimum atomic E-state index is -0.581. The second kappa shape index (κ2) is 8.09. The summed E-state index contributed by atoms with van der Waals surface area (Å²) in [7, 11) is 1.41. The normalized spacial score (nSPS) is 10.4. The molecule has 0 aliphatic carbocycles. The third-order valence-electron chi connectivity index (χ3n) is 3.73. The molecule has 0 aliphatic rings. The van der Waals surface area contributed by atoms with Gasteiger partial charge >= 0.3 is 0 Å². The Morgan fingerprint density at radius 3 is 2.70 bits per heavy atom. The fraction of sp³-hybridized carbons (Fsp3) is 0.167. The number of hydrogen-bond donors (Lipinski definition) is 1. The van der Waals surface area contributed by atoms with E-state index in [9.17, 15) is 14.9 Å². The highest BCUT2D eigenvalue weighted by molar-refractivity contribution is 5.93. The maximum Gasteiger partial charge on any atom is 0.296 e. The Morgan fingerprint density at radius 2 is 2.00 bits per heavy atom. The smallest absolute Gasteiger partial charge is 0.296 e. The Labute approximate surface area is 154 Å². The SMILES string of the molecule is COc1ccc(NC(=O)CCc2nnc(-c3ccccc3)o2)c([N+](=O)[O-])c1. The van der Waals surface area contributed by atoms with Gasteiger partial charge in [0.1, 0.15) is 11.4 Å². The lowest BCUT2D eigenvalue weighted by Gasteiger charge is -2.07. The number of nitrogens with zero attached hydrogens (tertiary/aromatic N) is 3. The van der Waals surface area contributed by atoms with Gasteiger partial charge in [-0.3, -0.25) is 14.9 Å². The number of nitrogens with one attached hydrogen (secondary N) is 1. The van der Waals surface area contributed by atoms with E-state index in [0.717, 1.165) is 5.56 Å². The molecular weight excluding hydrogens is 352 g/mol. The Bertz CT molecular complexity index is 955. The van der Waals surface area contributed by atoms with Crippen LogP contribution in [0.5, 0.6) is 5.75 Å². The molecule has 0 unspecified atom stereocenters. The summed E-state index contributed by atoms with van der Waals surface area (Å²) in [5.74, 6) is 0.617. The van der Waals surface area contributed by atoms with E-state index in [1.165, 1.54) is 25.3 Å². The van der Waals surface area contributed by atoms with Gasteiger partial charge < -0.3 is 14.5 Å². The first-order chi connectivity index (χ1) is 13.1. The molecule has 0 aliphatic heterocycles. The molecule has 2 aromatic carbocycles. The van der Waals surface area contributed by atoms with Gasteiger partial charge in [-0.1, -0.05) is 18.2 Å². The number of rotatable bonds is 7. The first-order valence-corrected chi connectivity index (χ1v) is 8.07. The van der Waals surface area contributed by atoms with Crippen molar-refractivity contribution in [3.8, 4) is 17.2 Å². The fourth-order valence-electron chi connectivity index (χ4n) is 2.38. The van der Waals surface area contributed by atoms with Crippen molar-refractivity contribution in [3.63, 3.8) is 0 Å². The summed E-state index contributed by atoms with van der Waals surface area (Å²) in [6.45, 7) is 0. The molecule has 3 rings (SSSR count). The fourth-order valence-corrected chi connectivity index (χ4v) is 2.38. The maximum atomic E-state index is 12.1. The van der Waals surface area contributed by atoms with Crippen LogP contribution in [0.3, 0.4) is 0 Å². The molecule has 0 fully saturated rings. The van der Waals surface area contributed by atoms with Gasteiger partial charge in [0.15, 0.2) is 0 Å². The lowest BCUT2D eigenvalue weighted by atomic mass is 10.2. The number of hydrogen-bond acceptors (Lipinski definition) is 7. The van der Waals surface area contributed by atoms with Crippen molar-refractivity contribution in [1.29, 1.82) is 0 Å². The van der Waals surface area contributed by atoms with E-state index in [0.29, 0.717) is 17.5 Å². The van der Waals surface area contributed by atoms with Crippen molar-refractivity contribution in [2.75, 3.05) is 12.4 Å².